The molecule has 0 aliphatic carbocycles. The lowest BCUT2D eigenvalue weighted by molar-refractivity contribution is 0.0739. The van der Waals surface area contributed by atoms with Gasteiger partial charge in [-0.3, -0.25) is 9.48 Å². The zero-order valence-electron chi connectivity index (χ0n) is 19.4. The van der Waals surface area contributed by atoms with E-state index in [1.807, 2.05) is 30.3 Å². The van der Waals surface area contributed by atoms with E-state index in [2.05, 4.69) is 15.6 Å². The summed E-state index contributed by atoms with van der Waals surface area (Å²) in [4.78, 5) is 25.4. The lowest BCUT2D eigenvalue weighted by Crippen LogP contribution is -2.18. The number of nitrogens with zero attached hydrogens (tertiary/aromatic N) is 3. The first-order chi connectivity index (χ1) is 18.4. The molecule has 5 aromatic rings. The Hall–Kier alpha value is -3.69. The number of thiophene rings is 1. The molecule has 0 bridgehead atoms. The standard InChI is InChI=1S/C27H17Cl3N4O3S/c28-18-8-7-17(21(29)13-18)15-34-12-11-22(33-34)26(35)32-31-14-16-5-9-19(10-6-16)37-27(36)25-24(30)20-3-1-2-4-23(20)38-25/h1-14H,15H2,(H,32,35)/b31-14-. The molecule has 1 amide bonds. The molecule has 0 aliphatic heterocycles. The van der Waals surface area contributed by atoms with Gasteiger partial charge in [0.1, 0.15) is 10.6 Å². The SMILES string of the molecule is O=C(N/N=C\c1ccc(OC(=O)c2sc3ccccc3c2Cl)cc1)c1ccn(Cc2ccc(Cl)cc2Cl)n1. The van der Waals surface area contributed by atoms with Crippen molar-refractivity contribution in [3.63, 3.8) is 0 Å². The molecule has 2 heterocycles. The Bertz CT molecular complexity index is 1680. The summed E-state index contributed by atoms with van der Waals surface area (Å²) in [7, 11) is 0. The van der Waals surface area contributed by atoms with Gasteiger partial charge < -0.3 is 4.74 Å². The molecule has 2 aromatic heterocycles. The molecular weight excluding hydrogens is 567 g/mol. The summed E-state index contributed by atoms with van der Waals surface area (Å²) in [5.74, 6) is -0.633. The molecule has 11 heteroatoms. The Morgan fingerprint density at radius 2 is 1.82 bits per heavy atom. The van der Waals surface area contributed by atoms with Crippen molar-refractivity contribution in [1.29, 1.82) is 0 Å². The summed E-state index contributed by atoms with van der Waals surface area (Å²) >= 11 is 19.8. The Morgan fingerprint density at radius 3 is 2.58 bits per heavy atom. The Morgan fingerprint density at radius 1 is 1.03 bits per heavy atom. The summed E-state index contributed by atoms with van der Waals surface area (Å²) < 4.78 is 7.98. The van der Waals surface area contributed by atoms with Gasteiger partial charge in [-0.1, -0.05) is 59.1 Å². The minimum atomic E-state index is -0.525. The van der Waals surface area contributed by atoms with Crippen molar-refractivity contribution in [3.05, 3.63) is 116 Å². The van der Waals surface area contributed by atoms with E-state index in [0.717, 1.165) is 15.6 Å². The van der Waals surface area contributed by atoms with Gasteiger partial charge in [-0.15, -0.1) is 11.3 Å². The van der Waals surface area contributed by atoms with Gasteiger partial charge in [-0.2, -0.15) is 10.2 Å². The fourth-order valence-corrected chi connectivity index (χ4v) is 5.39. The first-order valence-electron chi connectivity index (χ1n) is 11.2. The van der Waals surface area contributed by atoms with Crippen LogP contribution < -0.4 is 10.2 Å². The van der Waals surface area contributed by atoms with Crippen molar-refractivity contribution in [2.24, 2.45) is 5.10 Å². The maximum absolute atomic E-state index is 12.6. The molecule has 0 saturated carbocycles. The number of hydrazone groups is 1. The molecule has 0 aliphatic rings. The molecule has 190 valence electrons. The smallest absolute Gasteiger partial charge is 0.355 e. The number of amides is 1. The fourth-order valence-electron chi connectivity index (χ4n) is 3.54. The molecule has 0 atom stereocenters. The second-order valence-electron chi connectivity index (χ2n) is 8.03. The lowest BCUT2D eigenvalue weighted by Gasteiger charge is -2.05. The lowest BCUT2D eigenvalue weighted by atomic mass is 10.2. The number of benzene rings is 3. The maximum Gasteiger partial charge on any atom is 0.355 e. The Kier molecular flexibility index (Phi) is 7.76. The van der Waals surface area contributed by atoms with Crippen molar-refractivity contribution in [2.45, 2.75) is 6.54 Å². The molecular formula is C27H17Cl3N4O3S. The normalized spacial score (nSPS) is 11.2. The third kappa shape index (κ3) is 5.89. The van der Waals surface area contributed by atoms with Gasteiger partial charge in [0.05, 0.1) is 17.8 Å². The van der Waals surface area contributed by atoms with E-state index >= 15 is 0 Å². The molecule has 5 rings (SSSR count). The molecule has 0 unspecified atom stereocenters. The molecule has 0 saturated heterocycles. The van der Waals surface area contributed by atoms with E-state index in [0.29, 0.717) is 37.8 Å². The van der Waals surface area contributed by atoms with E-state index in [-0.39, 0.29) is 5.69 Å². The van der Waals surface area contributed by atoms with Gasteiger partial charge in [-0.25, -0.2) is 10.2 Å². The number of aromatic nitrogens is 2. The minimum Gasteiger partial charge on any atom is -0.422 e. The summed E-state index contributed by atoms with van der Waals surface area (Å²) in [5.41, 5.74) is 4.16. The van der Waals surface area contributed by atoms with Crippen LogP contribution in [-0.2, 0) is 6.54 Å². The highest BCUT2D eigenvalue weighted by atomic mass is 35.5. The minimum absolute atomic E-state index is 0.203. The van der Waals surface area contributed by atoms with Gasteiger partial charge in [0, 0.05) is 26.3 Å². The van der Waals surface area contributed by atoms with Crippen LogP contribution in [0, 0.1) is 0 Å². The number of carbonyl (C=O) groups excluding carboxylic acids is 2. The van der Waals surface area contributed by atoms with Crippen LogP contribution in [0.1, 0.15) is 31.3 Å². The van der Waals surface area contributed by atoms with E-state index < -0.39 is 11.9 Å². The van der Waals surface area contributed by atoms with Gasteiger partial charge in [-0.05, 0) is 59.7 Å². The number of carbonyl (C=O) groups is 2. The number of rotatable bonds is 7. The van der Waals surface area contributed by atoms with Crippen LogP contribution in [0.3, 0.4) is 0 Å². The Labute approximate surface area is 236 Å². The summed E-state index contributed by atoms with van der Waals surface area (Å²) in [6, 6.07) is 21.0. The summed E-state index contributed by atoms with van der Waals surface area (Å²) in [6.07, 6.45) is 3.15. The van der Waals surface area contributed by atoms with Gasteiger partial charge in [0.2, 0.25) is 0 Å². The third-order valence-electron chi connectivity index (χ3n) is 5.41. The number of esters is 1. The molecule has 0 fully saturated rings. The van der Waals surface area contributed by atoms with Crippen molar-refractivity contribution >= 4 is 74.3 Å². The zero-order chi connectivity index (χ0) is 26.6. The molecule has 0 radical (unpaired) electrons. The fraction of sp³-hybridized carbons (Fsp3) is 0.0370. The van der Waals surface area contributed by atoms with Gasteiger partial charge in [0.15, 0.2) is 5.69 Å². The summed E-state index contributed by atoms with van der Waals surface area (Å²) in [6.45, 7) is 0.387. The van der Waals surface area contributed by atoms with Crippen LogP contribution in [-0.4, -0.2) is 27.9 Å². The zero-order valence-corrected chi connectivity index (χ0v) is 22.5. The average Bonchev–Trinajstić information content (AvgIpc) is 3.51. The predicted octanol–water partition coefficient (Wildman–Crippen LogP) is 7.09. The third-order valence-corrected chi connectivity index (χ3v) is 7.65. The molecule has 1 N–H and O–H groups in total. The highest BCUT2D eigenvalue weighted by Crippen LogP contribution is 2.35. The number of halogens is 3. The van der Waals surface area contributed by atoms with E-state index in [1.165, 1.54) is 17.6 Å². The van der Waals surface area contributed by atoms with Crippen molar-refractivity contribution in [3.8, 4) is 5.75 Å². The van der Waals surface area contributed by atoms with E-state index in [4.69, 9.17) is 39.5 Å². The van der Waals surface area contributed by atoms with Crippen LogP contribution in [0.2, 0.25) is 15.1 Å². The number of fused-ring (bicyclic) bond motifs is 1. The Balaban J connectivity index is 1.16. The van der Waals surface area contributed by atoms with Gasteiger partial charge >= 0.3 is 5.97 Å². The number of ether oxygens (including phenoxy) is 1. The van der Waals surface area contributed by atoms with Crippen LogP contribution in [0.5, 0.6) is 5.75 Å². The largest absolute Gasteiger partial charge is 0.422 e. The number of hydrogen-bond acceptors (Lipinski definition) is 6. The van der Waals surface area contributed by atoms with Crippen molar-refractivity contribution in [1.82, 2.24) is 15.2 Å². The van der Waals surface area contributed by atoms with E-state index in [9.17, 15) is 9.59 Å². The van der Waals surface area contributed by atoms with Gasteiger partial charge in [0.25, 0.3) is 5.91 Å². The highest BCUT2D eigenvalue weighted by molar-refractivity contribution is 7.21. The molecule has 38 heavy (non-hydrogen) atoms. The monoisotopic (exact) mass is 582 g/mol. The first kappa shape index (κ1) is 25.9. The van der Waals surface area contributed by atoms with Crippen molar-refractivity contribution in [2.75, 3.05) is 0 Å². The number of hydrogen-bond donors (Lipinski definition) is 1. The average molecular weight is 584 g/mol. The van der Waals surface area contributed by atoms with Crippen LogP contribution in [0.15, 0.2) is 84.1 Å². The first-order valence-corrected chi connectivity index (χ1v) is 13.1. The topological polar surface area (TPSA) is 85.6 Å². The van der Waals surface area contributed by atoms with Crippen molar-refractivity contribution < 1.29 is 14.3 Å². The van der Waals surface area contributed by atoms with Crippen LogP contribution in [0.25, 0.3) is 10.1 Å². The van der Waals surface area contributed by atoms with Crippen LogP contribution >= 0.6 is 46.1 Å². The summed E-state index contributed by atoms with van der Waals surface area (Å²) in [5, 5.41) is 10.5. The highest BCUT2D eigenvalue weighted by Gasteiger charge is 2.19. The second-order valence-corrected chi connectivity index (χ2v) is 10.3. The molecule has 7 nitrogen and oxygen atoms in total. The molecule has 3 aromatic carbocycles. The maximum atomic E-state index is 12.6. The predicted molar refractivity (Wildman–Crippen MR) is 151 cm³/mol. The van der Waals surface area contributed by atoms with E-state index in [1.54, 1.807) is 53.3 Å². The quantitative estimate of drug-likeness (QED) is 0.0959. The second kappa shape index (κ2) is 11.4. The van der Waals surface area contributed by atoms with Crippen LogP contribution in [0.4, 0.5) is 0 Å². The number of nitrogens with one attached hydrogen (secondary N) is 1. The molecule has 0 spiro atoms.